The molecule has 1 aliphatic carbocycles. The fraction of sp³-hybridized carbons (Fsp3) is 0.115. The van der Waals surface area contributed by atoms with Gasteiger partial charge in [0.15, 0.2) is 23.6 Å². The van der Waals surface area contributed by atoms with Crippen molar-refractivity contribution in [1.82, 2.24) is 9.78 Å². The Bertz CT molecular complexity index is 1490. The molecule has 6 nitrogen and oxygen atoms in total. The normalized spacial score (nSPS) is 11.6. The molecule has 10 heteroatoms. The molecular formula is C26H20Cl2F2N4O2. The van der Waals surface area contributed by atoms with Gasteiger partial charge in [0.05, 0.1) is 21.4 Å². The molecule has 0 aliphatic heterocycles. The number of aldehydes is 1. The van der Waals surface area contributed by atoms with Crippen LogP contribution in [0.15, 0.2) is 54.6 Å². The van der Waals surface area contributed by atoms with E-state index in [1.54, 1.807) is 18.2 Å². The van der Waals surface area contributed by atoms with Crippen LogP contribution in [0, 0.1) is 11.6 Å². The second-order valence-corrected chi connectivity index (χ2v) is 8.72. The molecule has 0 radical (unpaired) electrons. The van der Waals surface area contributed by atoms with Crippen molar-refractivity contribution < 1.29 is 18.4 Å². The van der Waals surface area contributed by atoms with E-state index in [2.05, 4.69) is 10.4 Å². The molecule has 184 valence electrons. The number of nitrogens with two attached hydrogens (primary N) is 1. The molecule has 0 unspecified atom stereocenters. The molecule has 0 bridgehead atoms. The Hall–Kier alpha value is -3.75. The maximum atomic E-state index is 13.8. The van der Waals surface area contributed by atoms with E-state index in [-0.39, 0.29) is 5.69 Å². The third-order valence-electron chi connectivity index (χ3n) is 5.77. The van der Waals surface area contributed by atoms with Crippen LogP contribution in [0.25, 0.3) is 16.9 Å². The second-order valence-electron chi connectivity index (χ2n) is 7.93. The molecule has 3 N–H and O–H groups in total. The maximum Gasteiger partial charge on any atom is 0.269 e. The monoisotopic (exact) mass is 528 g/mol. The van der Waals surface area contributed by atoms with Gasteiger partial charge in [-0.15, -0.1) is 0 Å². The lowest BCUT2D eigenvalue weighted by Crippen LogP contribution is -2.15. The predicted molar refractivity (Wildman–Crippen MR) is 136 cm³/mol. The number of halogens is 4. The smallest absolute Gasteiger partial charge is 0.269 e. The molecule has 3 aromatic carbocycles. The van der Waals surface area contributed by atoms with Crippen molar-refractivity contribution in [3.63, 3.8) is 0 Å². The first-order valence-corrected chi connectivity index (χ1v) is 11.6. The summed E-state index contributed by atoms with van der Waals surface area (Å²) >= 11 is 11.2. The SMILES string of the molecule is CNc1ccc2c(c1)-c1c(c(C(N)=O)nn1-c1ccc(F)c(F)c1)CC2.O=Cc1cccc(Cl)c1Cl. The number of nitrogens with one attached hydrogen (secondary N) is 1. The molecule has 36 heavy (non-hydrogen) atoms. The van der Waals surface area contributed by atoms with Gasteiger partial charge in [0.25, 0.3) is 5.91 Å². The minimum absolute atomic E-state index is 0.158. The lowest BCUT2D eigenvalue weighted by atomic mass is 9.88. The topological polar surface area (TPSA) is 90.0 Å². The number of nitrogens with zero attached hydrogens (tertiary/aromatic N) is 2. The van der Waals surface area contributed by atoms with Crippen molar-refractivity contribution in [3.05, 3.63) is 98.7 Å². The fourth-order valence-electron chi connectivity index (χ4n) is 4.01. The van der Waals surface area contributed by atoms with Crippen molar-refractivity contribution in [2.45, 2.75) is 12.8 Å². The van der Waals surface area contributed by atoms with Crippen LogP contribution < -0.4 is 11.1 Å². The highest BCUT2D eigenvalue weighted by atomic mass is 35.5. The van der Waals surface area contributed by atoms with E-state index in [1.165, 1.54) is 10.7 Å². The van der Waals surface area contributed by atoms with Gasteiger partial charge in [-0.1, -0.05) is 41.4 Å². The molecule has 5 rings (SSSR count). The minimum atomic E-state index is -0.979. The molecule has 4 aromatic rings. The first kappa shape index (κ1) is 25.3. The van der Waals surface area contributed by atoms with Crippen LogP contribution in [0.1, 0.15) is 32.0 Å². The highest BCUT2D eigenvalue weighted by Gasteiger charge is 2.28. The van der Waals surface area contributed by atoms with Gasteiger partial charge in [0.1, 0.15) is 0 Å². The standard InChI is InChI=1S/C19H16F2N4O.C7H4Cl2O/c1-23-11-4-2-10-3-6-13-17(19(22)26)24-25(18(13)14(10)8-11)12-5-7-15(20)16(21)9-12;8-6-3-1-2-5(4-10)7(6)9/h2,4-5,7-9,23H,3,6H2,1H3,(H2,22,26);1-4H. The predicted octanol–water partition coefficient (Wildman–Crippen LogP) is 5.86. The zero-order chi connectivity index (χ0) is 26.0. The number of aromatic nitrogens is 2. The number of fused-ring (bicyclic) bond motifs is 3. The number of anilines is 1. The van der Waals surface area contributed by atoms with Crippen LogP contribution in [-0.4, -0.2) is 29.0 Å². The summed E-state index contributed by atoms with van der Waals surface area (Å²) in [6.45, 7) is 0. The van der Waals surface area contributed by atoms with Crippen LogP contribution in [-0.2, 0) is 12.8 Å². The van der Waals surface area contributed by atoms with E-state index in [0.29, 0.717) is 39.7 Å². The van der Waals surface area contributed by atoms with E-state index in [9.17, 15) is 18.4 Å². The highest BCUT2D eigenvalue weighted by molar-refractivity contribution is 6.43. The Balaban J connectivity index is 0.000000256. The summed E-state index contributed by atoms with van der Waals surface area (Å²) < 4.78 is 28.6. The molecule has 1 amide bonds. The van der Waals surface area contributed by atoms with Gasteiger partial charge in [0, 0.05) is 35.5 Å². The maximum absolute atomic E-state index is 13.8. The van der Waals surface area contributed by atoms with Crippen LogP contribution >= 0.6 is 23.2 Å². The Morgan fingerprint density at radius 2 is 1.86 bits per heavy atom. The summed E-state index contributed by atoms with van der Waals surface area (Å²) in [5.74, 6) is -2.56. The number of rotatable bonds is 4. The summed E-state index contributed by atoms with van der Waals surface area (Å²) in [4.78, 5) is 22.1. The zero-order valence-corrected chi connectivity index (χ0v) is 20.5. The van der Waals surface area contributed by atoms with Gasteiger partial charge < -0.3 is 11.1 Å². The van der Waals surface area contributed by atoms with Crippen molar-refractivity contribution >= 4 is 41.1 Å². The molecule has 0 saturated heterocycles. The molecule has 1 aliphatic rings. The number of benzene rings is 3. The summed E-state index contributed by atoms with van der Waals surface area (Å²) in [5.41, 5.74) is 10.7. The largest absolute Gasteiger partial charge is 0.388 e. The van der Waals surface area contributed by atoms with Crippen LogP contribution in [0.5, 0.6) is 0 Å². The van der Waals surface area contributed by atoms with Crippen molar-refractivity contribution in [3.8, 4) is 16.9 Å². The number of amides is 1. The average Bonchev–Trinajstić information content (AvgIpc) is 3.28. The van der Waals surface area contributed by atoms with Gasteiger partial charge in [0.2, 0.25) is 0 Å². The van der Waals surface area contributed by atoms with Crippen LogP contribution in [0.3, 0.4) is 0 Å². The van der Waals surface area contributed by atoms with Gasteiger partial charge in [-0.25, -0.2) is 13.5 Å². The van der Waals surface area contributed by atoms with Gasteiger partial charge in [-0.3, -0.25) is 9.59 Å². The van der Waals surface area contributed by atoms with Crippen LogP contribution in [0.4, 0.5) is 14.5 Å². The fourth-order valence-corrected chi connectivity index (χ4v) is 4.36. The lowest BCUT2D eigenvalue weighted by molar-refractivity contribution is 0.0993. The summed E-state index contributed by atoms with van der Waals surface area (Å²) in [6.07, 6.45) is 2.02. The molecule has 0 atom stereocenters. The van der Waals surface area contributed by atoms with Gasteiger partial charge in [-0.05, 0) is 48.7 Å². The summed E-state index contributed by atoms with van der Waals surface area (Å²) in [7, 11) is 1.81. The van der Waals surface area contributed by atoms with E-state index in [4.69, 9.17) is 28.9 Å². The van der Waals surface area contributed by atoms with Crippen molar-refractivity contribution in [2.75, 3.05) is 12.4 Å². The second kappa shape index (κ2) is 10.5. The molecule has 0 saturated carbocycles. The third kappa shape index (κ3) is 4.82. The first-order chi connectivity index (χ1) is 17.2. The first-order valence-electron chi connectivity index (χ1n) is 10.8. The highest BCUT2D eigenvalue weighted by Crippen LogP contribution is 2.38. The van der Waals surface area contributed by atoms with E-state index in [1.807, 2.05) is 25.2 Å². The third-order valence-corrected chi connectivity index (χ3v) is 6.60. The molecule has 0 fully saturated rings. The average molecular weight is 529 g/mol. The Morgan fingerprint density at radius 1 is 1.08 bits per heavy atom. The van der Waals surface area contributed by atoms with Crippen LogP contribution in [0.2, 0.25) is 10.0 Å². The van der Waals surface area contributed by atoms with Crippen molar-refractivity contribution in [2.24, 2.45) is 5.73 Å². The number of carbonyl (C=O) groups is 2. The molecule has 1 heterocycles. The summed E-state index contributed by atoms with van der Waals surface area (Å²) in [5, 5.41) is 8.13. The summed E-state index contributed by atoms with van der Waals surface area (Å²) in [6, 6.07) is 14.4. The number of hydrogen-bond acceptors (Lipinski definition) is 4. The lowest BCUT2D eigenvalue weighted by Gasteiger charge is -2.20. The number of hydrogen-bond donors (Lipinski definition) is 2. The van der Waals surface area contributed by atoms with Gasteiger partial charge in [-0.2, -0.15) is 5.10 Å². The number of aryl methyl sites for hydroxylation is 1. The minimum Gasteiger partial charge on any atom is -0.388 e. The zero-order valence-electron chi connectivity index (χ0n) is 19.0. The number of primary amides is 1. The Morgan fingerprint density at radius 3 is 2.50 bits per heavy atom. The Kier molecular flexibility index (Phi) is 7.37. The van der Waals surface area contributed by atoms with E-state index < -0.39 is 17.5 Å². The van der Waals surface area contributed by atoms with Crippen molar-refractivity contribution in [1.29, 1.82) is 0 Å². The Labute approximate surface area is 215 Å². The van der Waals surface area contributed by atoms with E-state index >= 15 is 0 Å². The van der Waals surface area contributed by atoms with E-state index in [0.717, 1.165) is 40.9 Å². The molecule has 0 spiro atoms. The molecular weight excluding hydrogens is 509 g/mol. The quantitative estimate of drug-likeness (QED) is 0.324. The molecule has 1 aromatic heterocycles. The number of carbonyl (C=O) groups excluding carboxylic acids is 2. The van der Waals surface area contributed by atoms with Gasteiger partial charge >= 0.3 is 0 Å².